The van der Waals surface area contributed by atoms with Crippen LogP contribution in [0.4, 0.5) is 0 Å². The van der Waals surface area contributed by atoms with Crippen molar-refractivity contribution in [2.75, 3.05) is 0 Å². The monoisotopic (exact) mass is 327 g/mol. The second-order valence-electron chi connectivity index (χ2n) is 5.58. The van der Waals surface area contributed by atoms with Crippen LogP contribution in [-0.2, 0) is 6.54 Å². The Hall–Kier alpha value is -3.72. The Morgan fingerprint density at radius 3 is 2.60 bits per heavy atom. The predicted molar refractivity (Wildman–Crippen MR) is 93.4 cm³/mol. The van der Waals surface area contributed by atoms with Gasteiger partial charge in [0, 0.05) is 0 Å². The summed E-state index contributed by atoms with van der Waals surface area (Å²) >= 11 is 0. The molecule has 25 heavy (non-hydrogen) atoms. The minimum absolute atomic E-state index is 0.181. The highest BCUT2D eigenvalue weighted by molar-refractivity contribution is 5.74. The zero-order valence-electron chi connectivity index (χ0n) is 13.2. The molecule has 0 saturated carbocycles. The summed E-state index contributed by atoms with van der Waals surface area (Å²) in [6.45, 7) is 0.294. The SMILES string of the molecule is N#Cc1ccccc1Cn1cnc2c(cnn2-c2ccccc2)c1=O. The van der Waals surface area contributed by atoms with Crippen LogP contribution < -0.4 is 5.56 Å². The minimum Gasteiger partial charge on any atom is -0.294 e. The Kier molecular flexibility index (Phi) is 3.60. The molecule has 4 aromatic rings. The summed E-state index contributed by atoms with van der Waals surface area (Å²) in [6, 6.07) is 18.9. The van der Waals surface area contributed by atoms with Gasteiger partial charge in [-0.15, -0.1) is 0 Å². The van der Waals surface area contributed by atoms with E-state index in [2.05, 4.69) is 16.2 Å². The fourth-order valence-corrected chi connectivity index (χ4v) is 2.77. The van der Waals surface area contributed by atoms with Crippen molar-refractivity contribution in [3.8, 4) is 11.8 Å². The smallest absolute Gasteiger partial charge is 0.264 e. The maximum atomic E-state index is 12.8. The summed E-state index contributed by atoms with van der Waals surface area (Å²) < 4.78 is 3.14. The molecule has 0 saturated heterocycles. The van der Waals surface area contributed by atoms with Crippen LogP contribution in [-0.4, -0.2) is 19.3 Å². The molecule has 0 aliphatic rings. The Morgan fingerprint density at radius 1 is 1.04 bits per heavy atom. The highest BCUT2D eigenvalue weighted by Crippen LogP contribution is 2.14. The Morgan fingerprint density at radius 2 is 1.80 bits per heavy atom. The summed E-state index contributed by atoms with van der Waals surface area (Å²) in [4.78, 5) is 17.2. The number of aromatic nitrogens is 4. The summed E-state index contributed by atoms with van der Waals surface area (Å²) in [5.41, 5.74) is 2.51. The molecular formula is C19H13N5O. The van der Waals surface area contributed by atoms with E-state index in [1.54, 1.807) is 16.8 Å². The van der Waals surface area contributed by atoms with Gasteiger partial charge in [0.15, 0.2) is 5.65 Å². The van der Waals surface area contributed by atoms with Crippen LogP contribution in [0.2, 0.25) is 0 Å². The average Bonchev–Trinajstić information content (AvgIpc) is 3.10. The fourth-order valence-electron chi connectivity index (χ4n) is 2.77. The van der Waals surface area contributed by atoms with Gasteiger partial charge in [0.25, 0.3) is 5.56 Å². The molecule has 0 N–H and O–H groups in total. The third kappa shape index (κ3) is 2.58. The molecule has 4 rings (SSSR count). The highest BCUT2D eigenvalue weighted by atomic mass is 16.1. The van der Waals surface area contributed by atoms with Gasteiger partial charge in [0.2, 0.25) is 0 Å². The Bertz CT molecular complexity index is 1150. The van der Waals surface area contributed by atoms with Gasteiger partial charge in [0.1, 0.15) is 11.7 Å². The number of nitrogens with zero attached hydrogens (tertiary/aromatic N) is 5. The number of benzene rings is 2. The molecule has 0 radical (unpaired) electrons. The van der Waals surface area contributed by atoms with Gasteiger partial charge in [-0.25, -0.2) is 9.67 Å². The molecule has 120 valence electrons. The lowest BCUT2D eigenvalue weighted by atomic mass is 10.1. The molecule has 0 bridgehead atoms. The third-order valence-electron chi connectivity index (χ3n) is 4.03. The first-order valence-corrected chi connectivity index (χ1v) is 7.74. The first-order valence-electron chi connectivity index (χ1n) is 7.74. The van der Waals surface area contributed by atoms with E-state index in [0.29, 0.717) is 23.1 Å². The van der Waals surface area contributed by atoms with Crippen LogP contribution in [0.15, 0.2) is 71.9 Å². The molecule has 0 aliphatic carbocycles. The Balaban J connectivity index is 1.80. The molecular weight excluding hydrogens is 314 g/mol. The van der Waals surface area contributed by atoms with Gasteiger partial charge >= 0.3 is 0 Å². The zero-order chi connectivity index (χ0) is 17.2. The first kappa shape index (κ1) is 14.8. The number of nitriles is 1. The van der Waals surface area contributed by atoms with Crippen LogP contribution in [0.25, 0.3) is 16.7 Å². The van der Waals surface area contributed by atoms with E-state index in [1.807, 2.05) is 42.5 Å². The molecule has 0 atom stereocenters. The third-order valence-corrected chi connectivity index (χ3v) is 4.03. The second-order valence-corrected chi connectivity index (χ2v) is 5.58. The maximum Gasteiger partial charge on any atom is 0.264 e. The number of fused-ring (bicyclic) bond motifs is 1. The van der Waals surface area contributed by atoms with Crippen molar-refractivity contribution < 1.29 is 0 Å². The standard InChI is InChI=1S/C19H13N5O/c20-10-14-6-4-5-7-15(14)12-23-13-21-18-17(19(23)25)11-22-24(18)16-8-2-1-3-9-16/h1-9,11,13H,12H2. The number of para-hydroxylation sites is 1. The molecule has 0 amide bonds. The number of hydrogen-bond donors (Lipinski definition) is 0. The first-order chi connectivity index (χ1) is 12.3. The van der Waals surface area contributed by atoms with E-state index in [1.165, 1.54) is 17.1 Å². The summed E-state index contributed by atoms with van der Waals surface area (Å²) in [5, 5.41) is 13.9. The Labute approximate surface area is 143 Å². The van der Waals surface area contributed by atoms with Crippen molar-refractivity contribution in [3.05, 3.63) is 88.6 Å². The van der Waals surface area contributed by atoms with Gasteiger partial charge in [-0.1, -0.05) is 36.4 Å². The maximum absolute atomic E-state index is 12.8. The van der Waals surface area contributed by atoms with E-state index in [-0.39, 0.29) is 5.56 Å². The molecule has 0 unspecified atom stereocenters. The van der Waals surface area contributed by atoms with E-state index in [9.17, 15) is 10.1 Å². The molecule has 2 aromatic heterocycles. The topological polar surface area (TPSA) is 76.5 Å². The molecule has 2 aromatic carbocycles. The van der Waals surface area contributed by atoms with Crippen molar-refractivity contribution in [1.29, 1.82) is 5.26 Å². The van der Waals surface area contributed by atoms with Crippen LogP contribution in [0, 0.1) is 11.3 Å². The zero-order valence-corrected chi connectivity index (χ0v) is 13.2. The summed E-state index contributed by atoms with van der Waals surface area (Å²) in [7, 11) is 0. The van der Waals surface area contributed by atoms with Crippen molar-refractivity contribution in [2.24, 2.45) is 0 Å². The van der Waals surface area contributed by atoms with Gasteiger partial charge < -0.3 is 0 Å². The molecule has 0 aliphatic heterocycles. The molecule has 6 nitrogen and oxygen atoms in total. The van der Waals surface area contributed by atoms with Crippen molar-refractivity contribution in [3.63, 3.8) is 0 Å². The lowest BCUT2D eigenvalue weighted by Crippen LogP contribution is -2.21. The lowest BCUT2D eigenvalue weighted by Gasteiger charge is -2.07. The largest absolute Gasteiger partial charge is 0.294 e. The van der Waals surface area contributed by atoms with E-state index >= 15 is 0 Å². The van der Waals surface area contributed by atoms with Gasteiger partial charge in [0.05, 0.1) is 30.1 Å². The lowest BCUT2D eigenvalue weighted by molar-refractivity contribution is 0.744. The summed E-state index contributed by atoms with van der Waals surface area (Å²) in [6.07, 6.45) is 3.03. The van der Waals surface area contributed by atoms with Gasteiger partial charge in [-0.3, -0.25) is 9.36 Å². The molecule has 0 spiro atoms. The summed E-state index contributed by atoms with van der Waals surface area (Å²) in [5.74, 6) is 0. The van der Waals surface area contributed by atoms with E-state index in [4.69, 9.17) is 0 Å². The van der Waals surface area contributed by atoms with Gasteiger partial charge in [-0.05, 0) is 23.8 Å². The fraction of sp³-hybridized carbons (Fsp3) is 0.0526. The van der Waals surface area contributed by atoms with Crippen LogP contribution in [0.1, 0.15) is 11.1 Å². The molecule has 6 heteroatoms. The van der Waals surface area contributed by atoms with Crippen LogP contribution >= 0.6 is 0 Å². The highest BCUT2D eigenvalue weighted by Gasteiger charge is 2.12. The van der Waals surface area contributed by atoms with E-state index in [0.717, 1.165) is 11.3 Å². The van der Waals surface area contributed by atoms with Crippen molar-refractivity contribution in [2.45, 2.75) is 6.54 Å². The normalized spacial score (nSPS) is 10.7. The molecule has 0 fully saturated rings. The van der Waals surface area contributed by atoms with Crippen molar-refractivity contribution >= 4 is 11.0 Å². The quantitative estimate of drug-likeness (QED) is 0.579. The van der Waals surface area contributed by atoms with Gasteiger partial charge in [-0.2, -0.15) is 10.4 Å². The van der Waals surface area contributed by atoms with Crippen LogP contribution in [0.5, 0.6) is 0 Å². The minimum atomic E-state index is -0.181. The average molecular weight is 327 g/mol. The number of rotatable bonds is 3. The van der Waals surface area contributed by atoms with Crippen LogP contribution in [0.3, 0.4) is 0 Å². The number of hydrogen-bond acceptors (Lipinski definition) is 4. The van der Waals surface area contributed by atoms with Crippen molar-refractivity contribution in [1.82, 2.24) is 19.3 Å². The predicted octanol–water partition coefficient (Wildman–Crippen LogP) is 2.50. The van der Waals surface area contributed by atoms with E-state index < -0.39 is 0 Å². The second kappa shape index (κ2) is 6.06. The molecule has 2 heterocycles.